The number of esters is 3. The molecule has 0 aliphatic heterocycles. The zero-order valence-corrected chi connectivity index (χ0v) is 63.2. The van der Waals surface area contributed by atoms with Crippen molar-refractivity contribution in [3.05, 3.63) is 251 Å². The number of aliphatic carboxylic acids is 1. The van der Waals surface area contributed by atoms with E-state index in [0.29, 0.717) is 93.4 Å². The predicted octanol–water partition coefficient (Wildman–Crippen LogP) is 6.28. The quantitative estimate of drug-likeness (QED) is 0.0152. The van der Waals surface area contributed by atoms with Crippen LogP contribution in [0.5, 0.6) is 0 Å². The van der Waals surface area contributed by atoms with Gasteiger partial charge in [0.25, 0.3) is 16.7 Å². The van der Waals surface area contributed by atoms with E-state index in [1.807, 2.05) is 54.6 Å². The molecule has 3 heterocycles. The molecule has 9 aromatic carbocycles. The largest absolute Gasteiger partial charge is 1.00 e. The number of nitrogens with zero attached hydrogens (tertiary/aromatic N) is 2. The molecule has 12 aromatic rings. The number of carboxylic acids is 1. The standard InChI is InChI=1S/C28H31N3O3.C22H15NO4.C15H10BrNO3.C7H7BO3.C4H6O4.C2H4O2.B.Na/c1-30(2)13-6-14-31(3)18-19-7-5-8-20(15-19)21-9-10-23-24(16-21)26-22(11-12-29-27(26)32)17-25(23)28(33)34-4;1-27-22(26)19-11-16-7-8-23-21(25)20(16)18-10-15(5-6-17(18)19)14-4-2-3-13(9-14)12-24;1-20-15(19)12-6-8-4-5-17-14(18)13(8)11-7-9(16)2-3-10(11)12;9-5-6-2-1-3-7(4-6)8(10)11;1-3(5)7-8-4(2)6;1-2(3)4;;/h5,7-12,15-17H,6,13-14,18H2,1-4H3,(H,29,32);2-12H,1H3,(H,23,25);2-7H,1H3,(H,17,18);1-5,10-11H;1-2H3;1H3,(H,3,4);;/q;;;;;;;+1/p-1. The summed E-state index contributed by atoms with van der Waals surface area (Å²) in [5.74, 6) is -3.66. The smallest absolute Gasteiger partial charge is 0.550 e. The van der Waals surface area contributed by atoms with Crippen molar-refractivity contribution in [1.29, 1.82) is 0 Å². The molecule has 0 saturated heterocycles. The average Bonchev–Trinajstić information content (AvgIpc) is 0.757. The second-order valence-corrected chi connectivity index (χ2v) is 24.3. The number of rotatable bonds is 14. The van der Waals surface area contributed by atoms with Crippen molar-refractivity contribution >= 4 is 150 Å². The third-order valence-corrected chi connectivity index (χ3v) is 16.1. The summed E-state index contributed by atoms with van der Waals surface area (Å²) in [6, 6.07) is 49.2. The first-order chi connectivity index (χ1) is 49.7. The Balaban J connectivity index is 0.000000250. The molecule has 0 fully saturated rings. The van der Waals surface area contributed by atoms with Crippen molar-refractivity contribution in [2.75, 3.05) is 55.6 Å². The molecule has 5 N–H and O–H groups in total. The van der Waals surface area contributed by atoms with Gasteiger partial charge in [-0.2, -0.15) is 0 Å². The second kappa shape index (κ2) is 40.9. The van der Waals surface area contributed by atoms with Gasteiger partial charge in [-0.15, -0.1) is 0 Å². The van der Waals surface area contributed by atoms with Gasteiger partial charge in [-0.1, -0.05) is 107 Å². The van der Waals surface area contributed by atoms with Gasteiger partial charge < -0.3 is 58.9 Å². The molecule has 106 heavy (non-hydrogen) atoms. The first-order valence-electron chi connectivity index (χ1n) is 31.8. The van der Waals surface area contributed by atoms with Gasteiger partial charge in [0, 0.05) is 69.0 Å². The molecule has 24 nitrogen and oxygen atoms in total. The van der Waals surface area contributed by atoms with Gasteiger partial charge in [-0.25, -0.2) is 33.7 Å². The van der Waals surface area contributed by atoms with Gasteiger partial charge in [0.2, 0.25) is 0 Å². The van der Waals surface area contributed by atoms with Crippen molar-refractivity contribution in [2.45, 2.75) is 33.7 Å². The number of H-pyrrole nitrogens is 3. The second-order valence-electron chi connectivity index (χ2n) is 23.4. The summed E-state index contributed by atoms with van der Waals surface area (Å²) in [5.41, 5.74) is 7.06. The number of ether oxygens (including phenoxy) is 3. The Kier molecular flexibility index (Phi) is 33.0. The Bertz CT molecular complexity index is 5380. The van der Waals surface area contributed by atoms with Crippen molar-refractivity contribution in [3.63, 3.8) is 0 Å². The number of benzene rings is 9. The van der Waals surface area contributed by atoms with E-state index in [1.165, 1.54) is 39.0 Å². The fraction of sp³-hybridized carbons (Fsp3) is 0.167. The van der Waals surface area contributed by atoms with Gasteiger partial charge in [0.05, 0.1) is 54.2 Å². The van der Waals surface area contributed by atoms with Crippen LogP contribution >= 0.6 is 15.9 Å². The number of halogens is 1. The van der Waals surface area contributed by atoms with E-state index in [0.717, 1.165) is 90.6 Å². The van der Waals surface area contributed by atoms with Crippen LogP contribution < -0.4 is 56.8 Å². The normalized spacial score (nSPS) is 10.3. The Morgan fingerprint density at radius 1 is 0.491 bits per heavy atom. The molecule has 28 heteroatoms. The van der Waals surface area contributed by atoms with Crippen molar-refractivity contribution in [1.82, 2.24) is 24.8 Å². The van der Waals surface area contributed by atoms with E-state index in [-0.39, 0.29) is 54.6 Å². The number of fused-ring (bicyclic) bond motifs is 9. The fourth-order valence-electron chi connectivity index (χ4n) is 11.1. The summed E-state index contributed by atoms with van der Waals surface area (Å²) in [7, 11) is 8.87. The van der Waals surface area contributed by atoms with Crippen molar-refractivity contribution in [2.24, 2.45) is 0 Å². The first-order valence-corrected chi connectivity index (χ1v) is 32.6. The predicted molar refractivity (Wildman–Crippen MR) is 405 cm³/mol. The van der Waals surface area contributed by atoms with E-state index in [4.69, 9.17) is 34.2 Å². The summed E-state index contributed by atoms with van der Waals surface area (Å²) in [5, 5.41) is 34.1. The van der Waals surface area contributed by atoms with Crippen LogP contribution in [-0.4, -0.2) is 154 Å². The minimum absolute atomic E-state index is 0. The summed E-state index contributed by atoms with van der Waals surface area (Å²) < 4.78 is 15.6. The maximum absolute atomic E-state index is 12.7. The number of pyridine rings is 3. The number of aldehydes is 2. The summed E-state index contributed by atoms with van der Waals surface area (Å²) in [6.07, 6.45) is 7.29. The zero-order valence-electron chi connectivity index (χ0n) is 59.6. The number of carbonyl (C=O) groups is 8. The number of aromatic amines is 3. The van der Waals surface area contributed by atoms with Crippen LogP contribution in [0.2, 0.25) is 0 Å². The molecule has 0 bridgehead atoms. The van der Waals surface area contributed by atoms with E-state index < -0.39 is 42.9 Å². The molecular formula is C78H72B2BrN5NaO19. The number of aromatic nitrogens is 3. The van der Waals surface area contributed by atoms with Crippen molar-refractivity contribution in [3.8, 4) is 22.3 Å². The van der Waals surface area contributed by atoms with Gasteiger partial charge in [0.1, 0.15) is 12.6 Å². The SMILES string of the molecule is CC(=O)OOC(C)=O.CC(=O)[O-].COC(=O)c1cc2cc[nH]c(=O)c2c2cc(-c3cccc(C=O)c3)ccc12.COC(=O)c1cc2cc[nH]c(=O)c2c2cc(-c3cccc(CN(C)CCCN(C)C)c3)ccc12.COC(=O)c1cc2cc[nH]c(=O)c2c2cc(Br)ccc12.O=Cc1cccc(B(O)O)c1.[B].[Na+]. The van der Waals surface area contributed by atoms with Crippen LogP contribution in [0, 0.1) is 0 Å². The number of nitrogens with one attached hydrogen (secondary N) is 3. The molecule has 537 valence electrons. The van der Waals surface area contributed by atoms with Gasteiger partial charge in [-0.05, 0) is 202 Å². The molecule has 0 aliphatic carbocycles. The number of hydrogen-bond acceptors (Lipinski definition) is 21. The van der Waals surface area contributed by atoms with Gasteiger partial charge in [-0.3, -0.25) is 24.0 Å². The average molecular weight is 1510 g/mol. The number of carboxylic acid groups (broad SMARTS) is 1. The summed E-state index contributed by atoms with van der Waals surface area (Å²) >= 11 is 3.39. The van der Waals surface area contributed by atoms with Crippen LogP contribution in [0.1, 0.15) is 84.5 Å². The number of methoxy groups -OCH3 is 3. The molecule has 0 saturated carbocycles. The van der Waals surface area contributed by atoms with Gasteiger partial charge in [0.15, 0.2) is 0 Å². The molecule has 12 rings (SSSR count). The van der Waals surface area contributed by atoms with E-state index in [2.05, 4.69) is 95.9 Å². The Morgan fingerprint density at radius 3 is 1.26 bits per heavy atom. The molecule has 0 amide bonds. The maximum atomic E-state index is 12.7. The van der Waals surface area contributed by atoms with Crippen LogP contribution in [0.25, 0.3) is 86.9 Å². The van der Waals surface area contributed by atoms with Crippen LogP contribution in [0.15, 0.2) is 201 Å². The molecule has 0 aliphatic rings. The third-order valence-electron chi connectivity index (χ3n) is 15.6. The molecule has 0 spiro atoms. The molecule has 0 unspecified atom stereocenters. The van der Waals surface area contributed by atoms with Crippen LogP contribution in [0.4, 0.5) is 0 Å². The monoisotopic (exact) mass is 1510 g/mol. The fourth-order valence-corrected chi connectivity index (χ4v) is 11.5. The van der Waals surface area contributed by atoms with Crippen LogP contribution in [-0.2, 0) is 44.9 Å². The maximum Gasteiger partial charge on any atom is 1.00 e. The number of hydrogen-bond donors (Lipinski definition) is 5. The molecule has 0 atom stereocenters. The zero-order chi connectivity index (χ0) is 75.9. The minimum atomic E-state index is -1.50. The molecule has 3 aromatic heterocycles. The molecule has 3 radical (unpaired) electrons. The molecular weight excluding hydrogens is 1440 g/mol. The van der Waals surface area contributed by atoms with Crippen molar-refractivity contribution < 1.29 is 107 Å². The first kappa shape index (κ1) is 85.6. The topological polar surface area (TPSA) is 351 Å². The Morgan fingerprint density at radius 2 is 0.868 bits per heavy atom. The Hall–Kier alpha value is -11.0. The summed E-state index contributed by atoms with van der Waals surface area (Å²) in [6.45, 7) is 6.22. The Labute approximate surface area is 640 Å². The summed E-state index contributed by atoms with van der Waals surface area (Å²) in [4.78, 5) is 144. The minimum Gasteiger partial charge on any atom is -0.550 e. The van der Waals surface area contributed by atoms with E-state index >= 15 is 0 Å². The van der Waals surface area contributed by atoms with Crippen LogP contribution in [0.3, 0.4) is 0 Å². The number of carbonyl (C=O) groups excluding carboxylic acids is 8. The third kappa shape index (κ3) is 23.0. The van der Waals surface area contributed by atoms with Gasteiger partial charge >= 0.3 is 66.5 Å². The van der Waals surface area contributed by atoms with E-state index in [9.17, 15) is 47.9 Å². The van der Waals surface area contributed by atoms with E-state index in [1.54, 1.807) is 91.4 Å².